The zero-order valence-electron chi connectivity index (χ0n) is 12.8. The monoisotopic (exact) mass is 305 g/mol. The van der Waals surface area contributed by atoms with Crippen molar-refractivity contribution in [3.05, 3.63) is 11.6 Å². The van der Waals surface area contributed by atoms with Crippen LogP contribution in [-0.2, 0) is 19.1 Å². The number of hydrogen-bond acceptors (Lipinski definition) is 5. The summed E-state index contributed by atoms with van der Waals surface area (Å²) in [6.45, 7) is 5.45. The predicted octanol–water partition coefficient (Wildman–Crippen LogP) is 0.0434. The average Bonchev–Trinajstić information content (AvgIpc) is 3.18. The Kier molecular flexibility index (Phi) is 2.60. The van der Waals surface area contributed by atoms with Crippen LogP contribution >= 0.6 is 0 Å². The Morgan fingerprint density at radius 1 is 1.18 bits per heavy atom. The zero-order chi connectivity index (χ0) is 16.0. The fraction of sp³-hybridized carbons (Fsp3) is 0.688. The minimum Gasteiger partial charge on any atom is -0.390 e. The number of imide groups is 1. The standard InChI is InChI=1S/C16H19NO5/c1-16(2,3)17-14(20)7-5-4-6-8(9(7)15(17)21)11(19)13-12(22-13)10(6)18/h4,7-9,11-13,19H,5H2,1-3H3/t7-,8+,9-,11+,12-,13+/m1/s1. The summed E-state index contributed by atoms with van der Waals surface area (Å²) in [5.41, 5.74) is -0.127. The van der Waals surface area contributed by atoms with Crippen LogP contribution in [0.25, 0.3) is 0 Å². The SMILES string of the molecule is CC(C)(C)N1C(=O)[C@H]2[C@@H]3C(=CC[C@H]2C1=O)C(=O)[C@H]1O[C@H]1[C@H]3O. The fourth-order valence-electron chi connectivity index (χ4n) is 4.27. The topological polar surface area (TPSA) is 87.2 Å². The van der Waals surface area contributed by atoms with Gasteiger partial charge in [0, 0.05) is 17.0 Å². The van der Waals surface area contributed by atoms with Gasteiger partial charge in [-0.3, -0.25) is 19.3 Å². The quantitative estimate of drug-likeness (QED) is 0.504. The van der Waals surface area contributed by atoms with Crippen LogP contribution in [-0.4, -0.2) is 51.5 Å². The van der Waals surface area contributed by atoms with Gasteiger partial charge in [-0.15, -0.1) is 0 Å². The van der Waals surface area contributed by atoms with E-state index in [-0.39, 0.29) is 17.6 Å². The Morgan fingerprint density at radius 3 is 2.50 bits per heavy atom. The number of fused-ring (bicyclic) bond motifs is 4. The molecule has 0 radical (unpaired) electrons. The highest BCUT2D eigenvalue weighted by atomic mass is 16.6. The molecule has 0 aromatic heterocycles. The van der Waals surface area contributed by atoms with Gasteiger partial charge in [-0.2, -0.15) is 0 Å². The normalized spacial score (nSPS) is 43.5. The van der Waals surface area contributed by atoms with Crippen molar-refractivity contribution in [3.63, 3.8) is 0 Å². The molecule has 2 saturated heterocycles. The molecule has 2 heterocycles. The second-order valence-electron chi connectivity index (χ2n) is 7.61. The van der Waals surface area contributed by atoms with Crippen molar-refractivity contribution in [2.24, 2.45) is 17.8 Å². The maximum Gasteiger partial charge on any atom is 0.234 e. The molecule has 0 spiro atoms. The molecule has 6 atom stereocenters. The smallest absolute Gasteiger partial charge is 0.234 e. The third-order valence-electron chi connectivity index (χ3n) is 5.26. The van der Waals surface area contributed by atoms with Gasteiger partial charge < -0.3 is 9.84 Å². The number of rotatable bonds is 0. The molecule has 4 rings (SSSR count). The summed E-state index contributed by atoms with van der Waals surface area (Å²) in [6.07, 6.45) is 0.147. The van der Waals surface area contributed by atoms with Gasteiger partial charge in [-0.05, 0) is 27.2 Å². The first-order valence-electron chi connectivity index (χ1n) is 7.69. The van der Waals surface area contributed by atoms with Crippen molar-refractivity contribution >= 4 is 17.6 Å². The molecular formula is C16H19NO5. The Hall–Kier alpha value is -1.53. The third-order valence-corrected chi connectivity index (χ3v) is 5.26. The molecular weight excluding hydrogens is 286 g/mol. The Bertz CT molecular complexity index is 631. The molecule has 4 aliphatic rings. The molecule has 0 bridgehead atoms. The van der Waals surface area contributed by atoms with E-state index in [4.69, 9.17) is 4.74 Å². The van der Waals surface area contributed by atoms with Gasteiger partial charge in [-0.25, -0.2) is 0 Å². The number of ketones is 1. The molecule has 0 aromatic rings. The van der Waals surface area contributed by atoms with Gasteiger partial charge in [0.1, 0.15) is 12.2 Å². The summed E-state index contributed by atoms with van der Waals surface area (Å²) in [4.78, 5) is 39.1. The van der Waals surface area contributed by atoms with Gasteiger partial charge in [0.2, 0.25) is 11.8 Å². The lowest BCUT2D eigenvalue weighted by atomic mass is 9.66. The van der Waals surface area contributed by atoms with E-state index in [1.165, 1.54) is 4.90 Å². The number of nitrogens with zero attached hydrogens (tertiary/aromatic N) is 1. The van der Waals surface area contributed by atoms with Crippen LogP contribution in [0.15, 0.2) is 11.6 Å². The molecule has 1 saturated carbocycles. The summed E-state index contributed by atoms with van der Waals surface area (Å²) in [5.74, 6) is -2.33. The molecule has 118 valence electrons. The second-order valence-corrected chi connectivity index (χ2v) is 7.61. The van der Waals surface area contributed by atoms with Crippen LogP contribution < -0.4 is 0 Å². The molecule has 0 aromatic carbocycles. The third kappa shape index (κ3) is 1.59. The van der Waals surface area contributed by atoms with Crippen LogP contribution in [0.3, 0.4) is 0 Å². The van der Waals surface area contributed by atoms with E-state index in [9.17, 15) is 19.5 Å². The number of carbonyl (C=O) groups is 3. The zero-order valence-corrected chi connectivity index (χ0v) is 12.8. The largest absolute Gasteiger partial charge is 0.390 e. The number of aliphatic hydroxyl groups excluding tert-OH is 1. The van der Waals surface area contributed by atoms with E-state index >= 15 is 0 Å². The molecule has 6 heteroatoms. The van der Waals surface area contributed by atoms with Crippen molar-refractivity contribution in [1.29, 1.82) is 0 Å². The molecule has 3 fully saturated rings. The summed E-state index contributed by atoms with van der Waals surface area (Å²) < 4.78 is 5.25. The molecule has 0 unspecified atom stereocenters. The Balaban J connectivity index is 1.77. The van der Waals surface area contributed by atoms with E-state index in [1.54, 1.807) is 6.08 Å². The van der Waals surface area contributed by atoms with Crippen molar-refractivity contribution < 1.29 is 24.2 Å². The molecule has 2 aliphatic carbocycles. The first kappa shape index (κ1) is 14.1. The Morgan fingerprint density at radius 2 is 1.86 bits per heavy atom. The maximum atomic E-state index is 12.8. The minimum absolute atomic E-state index is 0.131. The number of likely N-dealkylation sites (tertiary alicyclic amines) is 1. The van der Waals surface area contributed by atoms with Crippen LogP contribution in [0.1, 0.15) is 27.2 Å². The lowest BCUT2D eigenvalue weighted by molar-refractivity contribution is -0.145. The number of allylic oxidation sites excluding steroid dienone is 1. The van der Waals surface area contributed by atoms with Crippen molar-refractivity contribution in [2.75, 3.05) is 0 Å². The van der Waals surface area contributed by atoms with Gasteiger partial charge in [0.25, 0.3) is 0 Å². The lowest BCUT2D eigenvalue weighted by Gasteiger charge is -2.36. The van der Waals surface area contributed by atoms with Crippen molar-refractivity contribution in [3.8, 4) is 0 Å². The summed E-state index contributed by atoms with van der Waals surface area (Å²) in [6, 6.07) is 0. The van der Waals surface area contributed by atoms with E-state index in [1.807, 2.05) is 20.8 Å². The first-order valence-corrected chi connectivity index (χ1v) is 7.69. The predicted molar refractivity (Wildman–Crippen MR) is 74.5 cm³/mol. The number of epoxide rings is 1. The highest BCUT2D eigenvalue weighted by Crippen LogP contribution is 2.51. The van der Waals surface area contributed by atoms with Gasteiger partial charge in [0.05, 0.1) is 17.9 Å². The number of Topliss-reactive ketones (excluding diaryl/α,β-unsaturated/α-hetero) is 1. The highest BCUT2D eigenvalue weighted by molar-refractivity contribution is 6.09. The number of carbonyl (C=O) groups excluding carboxylic acids is 3. The number of aliphatic hydroxyl groups is 1. The van der Waals surface area contributed by atoms with E-state index in [2.05, 4.69) is 0 Å². The summed E-state index contributed by atoms with van der Waals surface area (Å²) >= 11 is 0. The van der Waals surface area contributed by atoms with Gasteiger partial charge in [-0.1, -0.05) is 6.08 Å². The number of ether oxygens (including phenoxy) is 1. The molecule has 2 aliphatic heterocycles. The summed E-state index contributed by atoms with van der Waals surface area (Å²) in [5, 5.41) is 10.5. The molecule has 2 amide bonds. The van der Waals surface area contributed by atoms with Crippen LogP contribution in [0.4, 0.5) is 0 Å². The van der Waals surface area contributed by atoms with Crippen molar-refractivity contribution in [2.45, 2.75) is 51.0 Å². The Labute approximate surface area is 128 Å². The lowest BCUT2D eigenvalue weighted by Crippen LogP contribution is -2.49. The molecule has 22 heavy (non-hydrogen) atoms. The fourth-order valence-corrected chi connectivity index (χ4v) is 4.27. The second kappa shape index (κ2) is 4.06. The van der Waals surface area contributed by atoms with E-state index in [0.29, 0.717) is 12.0 Å². The van der Waals surface area contributed by atoms with Crippen LogP contribution in [0, 0.1) is 17.8 Å². The van der Waals surface area contributed by atoms with Crippen LogP contribution in [0.2, 0.25) is 0 Å². The first-order chi connectivity index (χ1) is 10.2. The number of hydrogen-bond donors (Lipinski definition) is 1. The molecule has 6 nitrogen and oxygen atoms in total. The average molecular weight is 305 g/mol. The minimum atomic E-state index is -0.890. The highest BCUT2D eigenvalue weighted by Gasteiger charge is 2.65. The van der Waals surface area contributed by atoms with Gasteiger partial charge >= 0.3 is 0 Å². The van der Waals surface area contributed by atoms with E-state index in [0.717, 1.165) is 0 Å². The number of amides is 2. The summed E-state index contributed by atoms with van der Waals surface area (Å²) in [7, 11) is 0. The molecule has 1 N–H and O–H groups in total. The maximum absolute atomic E-state index is 12.8. The van der Waals surface area contributed by atoms with Crippen molar-refractivity contribution in [1.82, 2.24) is 4.90 Å². The van der Waals surface area contributed by atoms with Crippen LogP contribution in [0.5, 0.6) is 0 Å². The van der Waals surface area contributed by atoms with E-state index < -0.39 is 41.6 Å². The van der Waals surface area contributed by atoms with Gasteiger partial charge in [0.15, 0.2) is 5.78 Å².